The van der Waals surface area contributed by atoms with E-state index in [1.165, 1.54) is 7.11 Å². The number of esters is 1. The monoisotopic (exact) mass is 439 g/mol. The summed E-state index contributed by atoms with van der Waals surface area (Å²) in [5.74, 6) is 4.28. The molecule has 1 amide bonds. The number of rotatable bonds is 5. The zero-order chi connectivity index (χ0) is 22.1. The van der Waals surface area contributed by atoms with Crippen molar-refractivity contribution in [1.29, 1.82) is 0 Å². The van der Waals surface area contributed by atoms with Crippen molar-refractivity contribution in [2.75, 3.05) is 12.4 Å². The highest BCUT2D eigenvalue weighted by Crippen LogP contribution is 2.37. The number of alkyl halides is 3. The van der Waals surface area contributed by atoms with Crippen LogP contribution in [0.3, 0.4) is 0 Å². The van der Waals surface area contributed by atoms with E-state index in [0.29, 0.717) is 0 Å². The molecule has 0 atom stereocenters. The van der Waals surface area contributed by atoms with Gasteiger partial charge in [0.15, 0.2) is 0 Å². The van der Waals surface area contributed by atoms with Crippen LogP contribution in [-0.2, 0) is 27.1 Å². The SMILES string of the molecule is COC(=O)CCC#Cc1c(Cl)cc(NC(=O)OCc2ccccc2)cc1C(F)(F)F. The Kier molecular flexibility index (Phi) is 8.13. The Morgan fingerprint density at radius 1 is 1.17 bits per heavy atom. The fraction of sp³-hybridized carbons (Fsp3) is 0.238. The third-order valence-corrected chi connectivity index (χ3v) is 4.05. The largest absolute Gasteiger partial charge is 0.469 e. The zero-order valence-electron chi connectivity index (χ0n) is 15.8. The molecule has 0 radical (unpaired) electrons. The fourth-order valence-corrected chi connectivity index (χ4v) is 2.59. The molecular formula is C21H17ClF3NO4. The van der Waals surface area contributed by atoms with Crippen molar-refractivity contribution < 1.29 is 32.2 Å². The summed E-state index contributed by atoms with van der Waals surface area (Å²) in [6.45, 7) is -0.0454. The third kappa shape index (κ3) is 7.01. The normalized spacial score (nSPS) is 10.6. The Morgan fingerprint density at radius 3 is 2.50 bits per heavy atom. The average molecular weight is 440 g/mol. The molecule has 0 spiro atoms. The molecule has 2 aromatic rings. The maximum Gasteiger partial charge on any atom is 0.417 e. The van der Waals surface area contributed by atoms with Crippen molar-refractivity contribution >= 4 is 29.4 Å². The van der Waals surface area contributed by atoms with Gasteiger partial charge in [0.2, 0.25) is 0 Å². The second-order valence-electron chi connectivity index (χ2n) is 5.94. The molecule has 0 aliphatic heterocycles. The summed E-state index contributed by atoms with van der Waals surface area (Å²) in [7, 11) is 1.20. The molecule has 0 heterocycles. The van der Waals surface area contributed by atoms with E-state index in [2.05, 4.69) is 21.9 Å². The van der Waals surface area contributed by atoms with Gasteiger partial charge in [-0.2, -0.15) is 13.2 Å². The first-order valence-corrected chi connectivity index (χ1v) is 9.02. The van der Waals surface area contributed by atoms with Gasteiger partial charge in [0.1, 0.15) is 6.61 Å². The number of anilines is 1. The van der Waals surface area contributed by atoms with Gasteiger partial charge in [-0.15, -0.1) is 0 Å². The molecular weight excluding hydrogens is 423 g/mol. The first kappa shape index (κ1) is 23.1. The second-order valence-corrected chi connectivity index (χ2v) is 6.35. The van der Waals surface area contributed by atoms with Gasteiger partial charge in [-0.3, -0.25) is 10.1 Å². The Balaban J connectivity index is 2.16. The predicted octanol–water partition coefficient (Wildman–Crippen LogP) is 5.41. The molecule has 0 saturated heterocycles. The summed E-state index contributed by atoms with van der Waals surface area (Å²) in [5, 5.41) is 1.93. The minimum absolute atomic E-state index is 0.00606. The van der Waals surface area contributed by atoms with E-state index < -0.39 is 29.4 Å². The predicted molar refractivity (Wildman–Crippen MR) is 105 cm³/mol. The van der Waals surface area contributed by atoms with Gasteiger partial charge in [-0.25, -0.2) is 4.79 Å². The van der Waals surface area contributed by atoms with E-state index >= 15 is 0 Å². The molecule has 0 fully saturated rings. The Hall–Kier alpha value is -3.18. The summed E-state index contributed by atoms with van der Waals surface area (Å²) in [5.41, 5.74) is -1.03. The second kappa shape index (κ2) is 10.6. The first-order valence-electron chi connectivity index (χ1n) is 8.65. The molecule has 0 aliphatic rings. The summed E-state index contributed by atoms with van der Waals surface area (Å²) < 4.78 is 49.8. The number of carbonyl (C=O) groups is 2. The van der Waals surface area contributed by atoms with Crippen LogP contribution in [0.15, 0.2) is 42.5 Å². The van der Waals surface area contributed by atoms with Crippen molar-refractivity contribution in [3.63, 3.8) is 0 Å². The van der Waals surface area contributed by atoms with Crippen LogP contribution in [0, 0.1) is 11.8 Å². The van der Waals surface area contributed by atoms with Crippen LogP contribution < -0.4 is 5.32 Å². The standard InChI is InChI=1S/C21H17ClF3NO4/c1-29-19(27)10-6-5-9-16-17(21(23,24)25)11-15(12-18(16)22)26-20(28)30-13-14-7-3-2-4-8-14/h2-4,7-8,11-12H,6,10,13H2,1H3,(H,26,28). The number of hydrogen-bond acceptors (Lipinski definition) is 4. The topological polar surface area (TPSA) is 64.6 Å². The van der Waals surface area contributed by atoms with Gasteiger partial charge in [-0.05, 0) is 17.7 Å². The van der Waals surface area contributed by atoms with Crippen LogP contribution in [0.4, 0.5) is 23.7 Å². The molecule has 30 heavy (non-hydrogen) atoms. The van der Waals surface area contributed by atoms with E-state index in [1.807, 2.05) is 0 Å². The lowest BCUT2D eigenvalue weighted by Crippen LogP contribution is -2.15. The van der Waals surface area contributed by atoms with E-state index in [1.54, 1.807) is 30.3 Å². The Bertz CT molecular complexity index is 966. The zero-order valence-corrected chi connectivity index (χ0v) is 16.6. The molecule has 158 valence electrons. The molecule has 0 unspecified atom stereocenters. The molecule has 9 heteroatoms. The van der Waals surface area contributed by atoms with Crippen molar-refractivity contribution in [3.8, 4) is 11.8 Å². The Labute approximate surface area is 176 Å². The lowest BCUT2D eigenvalue weighted by atomic mass is 10.1. The lowest BCUT2D eigenvalue weighted by Gasteiger charge is -2.14. The smallest absolute Gasteiger partial charge is 0.417 e. The number of benzene rings is 2. The van der Waals surface area contributed by atoms with Gasteiger partial charge in [0.25, 0.3) is 0 Å². The lowest BCUT2D eigenvalue weighted by molar-refractivity contribution is -0.140. The number of ether oxygens (including phenoxy) is 2. The van der Waals surface area contributed by atoms with E-state index in [-0.39, 0.29) is 30.2 Å². The molecule has 1 N–H and O–H groups in total. The molecule has 2 rings (SSSR count). The maximum absolute atomic E-state index is 13.5. The fourth-order valence-electron chi connectivity index (χ4n) is 2.32. The molecule has 0 saturated carbocycles. The minimum Gasteiger partial charge on any atom is -0.469 e. The van der Waals surface area contributed by atoms with Gasteiger partial charge in [0.05, 0.1) is 29.7 Å². The highest BCUT2D eigenvalue weighted by molar-refractivity contribution is 6.32. The molecule has 5 nitrogen and oxygen atoms in total. The van der Waals surface area contributed by atoms with Crippen molar-refractivity contribution in [2.24, 2.45) is 0 Å². The number of hydrogen-bond donors (Lipinski definition) is 1. The summed E-state index contributed by atoms with van der Waals surface area (Å²) in [4.78, 5) is 23.0. The summed E-state index contributed by atoms with van der Waals surface area (Å²) >= 11 is 5.98. The van der Waals surface area contributed by atoms with Gasteiger partial charge < -0.3 is 9.47 Å². The number of carbonyl (C=O) groups excluding carboxylic acids is 2. The van der Waals surface area contributed by atoms with E-state index in [9.17, 15) is 22.8 Å². The Morgan fingerprint density at radius 2 is 1.87 bits per heavy atom. The van der Waals surface area contributed by atoms with Crippen LogP contribution in [0.5, 0.6) is 0 Å². The minimum atomic E-state index is -4.76. The quantitative estimate of drug-likeness (QED) is 0.499. The molecule has 0 aromatic heterocycles. The van der Waals surface area contributed by atoms with Crippen LogP contribution >= 0.6 is 11.6 Å². The highest BCUT2D eigenvalue weighted by Gasteiger charge is 2.34. The number of methoxy groups -OCH3 is 1. The van der Waals surface area contributed by atoms with E-state index in [4.69, 9.17) is 16.3 Å². The first-order chi connectivity index (χ1) is 14.2. The van der Waals surface area contributed by atoms with Crippen LogP contribution in [0.25, 0.3) is 0 Å². The van der Waals surface area contributed by atoms with E-state index in [0.717, 1.165) is 17.7 Å². The maximum atomic E-state index is 13.5. The average Bonchev–Trinajstić information content (AvgIpc) is 2.70. The van der Waals surface area contributed by atoms with Gasteiger partial charge in [-0.1, -0.05) is 53.8 Å². The highest BCUT2D eigenvalue weighted by atomic mass is 35.5. The number of amides is 1. The van der Waals surface area contributed by atoms with Crippen molar-refractivity contribution in [1.82, 2.24) is 0 Å². The molecule has 2 aromatic carbocycles. The van der Waals surface area contributed by atoms with Gasteiger partial charge in [0, 0.05) is 12.1 Å². The molecule has 0 bridgehead atoms. The number of nitrogens with one attached hydrogen (secondary N) is 1. The summed E-state index contributed by atoms with van der Waals surface area (Å²) in [6, 6.07) is 10.7. The van der Waals surface area contributed by atoms with Crippen molar-refractivity contribution in [3.05, 3.63) is 64.2 Å². The number of halogens is 4. The van der Waals surface area contributed by atoms with Crippen LogP contribution in [0.2, 0.25) is 5.02 Å². The summed E-state index contributed by atoms with van der Waals surface area (Å²) in [6.07, 6.45) is -5.75. The molecule has 0 aliphatic carbocycles. The van der Waals surface area contributed by atoms with Gasteiger partial charge >= 0.3 is 18.2 Å². The van der Waals surface area contributed by atoms with Crippen molar-refractivity contribution in [2.45, 2.75) is 25.6 Å². The van der Waals surface area contributed by atoms with Crippen LogP contribution in [-0.4, -0.2) is 19.2 Å². The van der Waals surface area contributed by atoms with Crippen LogP contribution in [0.1, 0.15) is 29.5 Å². The third-order valence-electron chi connectivity index (χ3n) is 3.75.